The number of imidazole rings is 1. The lowest BCUT2D eigenvalue weighted by atomic mass is 10.0. The Hall–Kier alpha value is -4.53. The van der Waals surface area contributed by atoms with Crippen molar-refractivity contribution in [3.8, 4) is 22.9 Å². The average Bonchev–Trinajstić information content (AvgIpc) is 3.10. The Morgan fingerprint density at radius 1 is 1.03 bits per heavy atom. The molecular weight excluding hydrogens is 464 g/mol. The maximum atomic E-state index is 12.1. The van der Waals surface area contributed by atoms with Gasteiger partial charge in [-0.25, -0.2) is 10.1 Å². The molecule has 0 atom stereocenters. The molecule has 4 N–H and O–H groups in total. The summed E-state index contributed by atoms with van der Waals surface area (Å²) in [5, 5.41) is 15.6. The summed E-state index contributed by atoms with van der Waals surface area (Å²) in [5.74, 6) is 0.418. The minimum absolute atomic E-state index is 0.0783. The molecule has 174 valence electrons. The van der Waals surface area contributed by atoms with Crippen molar-refractivity contribution in [2.75, 3.05) is 5.73 Å². The normalized spacial score (nSPS) is 12.3. The van der Waals surface area contributed by atoms with Crippen LogP contribution in [0.3, 0.4) is 0 Å². The number of fused-ring (bicyclic) bond motifs is 3. The molecule has 5 rings (SSSR count). The van der Waals surface area contributed by atoms with Crippen molar-refractivity contribution < 1.29 is 8.42 Å². The van der Waals surface area contributed by atoms with Crippen LogP contribution in [0.1, 0.15) is 11.1 Å². The number of hydrogen-bond acceptors (Lipinski definition) is 6. The molecular formula is C24H20N8O2S. The summed E-state index contributed by atoms with van der Waals surface area (Å²) < 4.78 is 31.3. The van der Waals surface area contributed by atoms with E-state index in [-0.39, 0.29) is 5.62 Å². The van der Waals surface area contributed by atoms with Gasteiger partial charge in [-0.2, -0.15) is 13.7 Å². The number of benzene rings is 2. The van der Waals surface area contributed by atoms with Gasteiger partial charge in [0.25, 0.3) is 0 Å². The zero-order valence-electron chi connectivity index (χ0n) is 18.8. The van der Waals surface area contributed by atoms with Crippen molar-refractivity contribution in [3.05, 3.63) is 77.7 Å². The highest BCUT2D eigenvalue weighted by molar-refractivity contribution is 7.87. The van der Waals surface area contributed by atoms with Crippen LogP contribution in [-0.4, -0.2) is 27.5 Å². The summed E-state index contributed by atoms with van der Waals surface area (Å²) in [7, 11) is -2.55. The molecule has 0 saturated heterocycles. The minimum Gasteiger partial charge on any atom is -0.384 e. The molecule has 0 bridgehead atoms. The quantitative estimate of drug-likeness (QED) is 0.400. The van der Waals surface area contributed by atoms with Crippen molar-refractivity contribution in [1.29, 1.82) is 5.26 Å². The molecule has 0 fully saturated rings. The topological polar surface area (TPSA) is 158 Å². The van der Waals surface area contributed by atoms with E-state index < -0.39 is 10.2 Å². The van der Waals surface area contributed by atoms with Crippen LogP contribution in [0, 0.1) is 18.3 Å². The molecule has 3 aromatic heterocycles. The molecule has 35 heavy (non-hydrogen) atoms. The second kappa shape index (κ2) is 8.05. The Kier molecular flexibility index (Phi) is 5.12. The van der Waals surface area contributed by atoms with Gasteiger partial charge in [-0.3, -0.25) is 9.55 Å². The number of pyridine rings is 2. The third kappa shape index (κ3) is 3.90. The fourth-order valence-corrected chi connectivity index (χ4v) is 4.56. The van der Waals surface area contributed by atoms with Crippen LogP contribution < -0.4 is 16.5 Å². The highest BCUT2D eigenvalue weighted by Crippen LogP contribution is 2.30. The van der Waals surface area contributed by atoms with Gasteiger partial charge in [-0.15, -0.1) is 4.40 Å². The Bertz CT molecular complexity index is 1860. The van der Waals surface area contributed by atoms with Gasteiger partial charge in [0.15, 0.2) is 0 Å². The monoisotopic (exact) mass is 484 g/mol. The Morgan fingerprint density at radius 3 is 2.49 bits per heavy atom. The lowest BCUT2D eigenvalue weighted by Crippen LogP contribution is -2.27. The van der Waals surface area contributed by atoms with Crippen molar-refractivity contribution in [3.63, 3.8) is 0 Å². The first-order valence-electron chi connectivity index (χ1n) is 10.5. The van der Waals surface area contributed by atoms with Gasteiger partial charge in [0, 0.05) is 24.2 Å². The van der Waals surface area contributed by atoms with E-state index in [2.05, 4.69) is 20.4 Å². The number of nitriles is 1. The predicted molar refractivity (Wildman–Crippen MR) is 133 cm³/mol. The van der Waals surface area contributed by atoms with E-state index in [4.69, 9.17) is 10.9 Å². The van der Waals surface area contributed by atoms with E-state index in [1.807, 2.05) is 31.2 Å². The smallest absolute Gasteiger partial charge is 0.320 e. The highest BCUT2D eigenvalue weighted by Gasteiger charge is 2.19. The maximum absolute atomic E-state index is 12.1. The van der Waals surface area contributed by atoms with Crippen LogP contribution in [0.4, 0.5) is 5.82 Å². The number of nitrogens with two attached hydrogens (primary N) is 2. The molecule has 0 aliphatic carbocycles. The summed E-state index contributed by atoms with van der Waals surface area (Å²) in [6, 6.07) is 16.7. The Balaban J connectivity index is 1.98. The molecule has 3 heterocycles. The van der Waals surface area contributed by atoms with E-state index in [1.54, 1.807) is 52.8 Å². The fraction of sp³-hybridized carbons (Fsp3) is 0.0833. The molecule has 5 aromatic rings. The van der Waals surface area contributed by atoms with Gasteiger partial charge in [0.2, 0.25) is 5.62 Å². The molecule has 0 spiro atoms. The summed E-state index contributed by atoms with van der Waals surface area (Å²) >= 11 is 0. The molecule has 0 amide bonds. The third-order valence-electron chi connectivity index (χ3n) is 5.81. The average molecular weight is 485 g/mol. The number of aromatic nitrogens is 4. The molecule has 0 aliphatic heterocycles. The van der Waals surface area contributed by atoms with E-state index in [9.17, 15) is 13.7 Å². The summed E-state index contributed by atoms with van der Waals surface area (Å²) in [6.45, 7) is 1.87. The fourth-order valence-electron chi connectivity index (χ4n) is 4.13. The van der Waals surface area contributed by atoms with Gasteiger partial charge in [-0.05, 0) is 54.4 Å². The van der Waals surface area contributed by atoms with Gasteiger partial charge in [0.1, 0.15) is 5.82 Å². The van der Waals surface area contributed by atoms with Crippen molar-refractivity contribution in [1.82, 2.24) is 19.1 Å². The zero-order chi connectivity index (χ0) is 24.9. The number of rotatable bonds is 3. The number of nitrogens with zero attached hydrogens (tertiary/aromatic N) is 6. The van der Waals surface area contributed by atoms with Gasteiger partial charge in [0.05, 0.1) is 40.1 Å². The second-order valence-electron chi connectivity index (χ2n) is 8.11. The summed E-state index contributed by atoms with van der Waals surface area (Å²) in [4.78, 5) is 8.75. The van der Waals surface area contributed by atoms with E-state index >= 15 is 0 Å². The van der Waals surface area contributed by atoms with Gasteiger partial charge in [-0.1, -0.05) is 12.1 Å². The Morgan fingerprint density at radius 2 is 1.80 bits per heavy atom. The van der Waals surface area contributed by atoms with Crippen LogP contribution >= 0.6 is 0 Å². The number of aryl methyl sites for hydroxylation is 2. The molecule has 10 nitrogen and oxygen atoms in total. The molecule has 0 aliphatic rings. The minimum atomic E-state index is -4.24. The first-order valence-corrected chi connectivity index (χ1v) is 12.0. The van der Waals surface area contributed by atoms with Crippen LogP contribution in [0.5, 0.6) is 0 Å². The zero-order valence-corrected chi connectivity index (χ0v) is 19.7. The molecule has 0 unspecified atom stereocenters. The van der Waals surface area contributed by atoms with Gasteiger partial charge >= 0.3 is 10.2 Å². The standard InChI is InChI=1S/C24H20N8O2S/c1-14-3-4-15(11-25)9-20(14)32-23-18-10-16(17-6-8-22(26)29-12-17)5-7-19(18)28-13-21(23)31(2)24(32)30-35(27,33)34/h3-10,12-13H,1-2H3,(H2,26,29)(H2,27,33,34)/b30-24+. The number of anilines is 1. The van der Waals surface area contributed by atoms with E-state index in [1.165, 1.54) is 0 Å². The van der Waals surface area contributed by atoms with Crippen LogP contribution in [0.2, 0.25) is 0 Å². The van der Waals surface area contributed by atoms with Gasteiger partial charge < -0.3 is 10.3 Å². The molecule has 2 aromatic carbocycles. The lowest BCUT2D eigenvalue weighted by Gasteiger charge is -2.11. The first kappa shape index (κ1) is 22.3. The summed E-state index contributed by atoms with van der Waals surface area (Å²) in [6.07, 6.45) is 3.34. The van der Waals surface area contributed by atoms with Crippen molar-refractivity contribution in [2.45, 2.75) is 6.92 Å². The second-order valence-corrected chi connectivity index (χ2v) is 9.32. The van der Waals surface area contributed by atoms with Crippen LogP contribution in [-0.2, 0) is 17.3 Å². The van der Waals surface area contributed by atoms with E-state index in [0.717, 1.165) is 22.1 Å². The first-order chi connectivity index (χ1) is 16.7. The third-order valence-corrected chi connectivity index (χ3v) is 6.23. The SMILES string of the molecule is Cc1ccc(C#N)cc1-n1/c(=N/S(N)(=O)=O)n(C)c2cnc3ccc(-c4ccc(N)nc4)cc3c21. The van der Waals surface area contributed by atoms with Crippen molar-refractivity contribution >= 4 is 38.0 Å². The van der Waals surface area contributed by atoms with Crippen LogP contribution in [0.25, 0.3) is 38.8 Å². The number of nitrogen functional groups attached to an aromatic ring is 1. The maximum Gasteiger partial charge on any atom is 0.320 e. The Labute approximate surface area is 200 Å². The van der Waals surface area contributed by atoms with Crippen molar-refractivity contribution in [2.24, 2.45) is 16.6 Å². The lowest BCUT2D eigenvalue weighted by molar-refractivity contribution is 0.596. The molecule has 0 radical (unpaired) electrons. The summed E-state index contributed by atoms with van der Waals surface area (Å²) in [5.41, 5.74) is 11.4. The van der Waals surface area contributed by atoms with Crippen LogP contribution in [0.15, 0.2) is 65.3 Å². The molecule has 11 heteroatoms. The largest absolute Gasteiger partial charge is 0.384 e. The highest BCUT2D eigenvalue weighted by atomic mass is 32.2. The van der Waals surface area contributed by atoms with E-state index in [0.29, 0.717) is 33.6 Å². The predicted octanol–water partition coefficient (Wildman–Crippen LogP) is 2.45. The molecule has 0 saturated carbocycles. The number of hydrogen-bond donors (Lipinski definition) is 2.